The van der Waals surface area contributed by atoms with E-state index in [9.17, 15) is 8.42 Å². The minimum Gasteiger partial charge on any atom is -0.352 e. The molecule has 6 nitrogen and oxygen atoms in total. The van der Waals surface area contributed by atoms with Crippen LogP contribution in [0.15, 0.2) is 46.3 Å². The number of guanidine groups is 1. The highest BCUT2D eigenvalue weighted by molar-refractivity contribution is 14.0. The minimum absolute atomic E-state index is 0. The van der Waals surface area contributed by atoms with Gasteiger partial charge in [0.05, 0.1) is 11.4 Å². The van der Waals surface area contributed by atoms with E-state index in [1.165, 1.54) is 14.1 Å². The van der Waals surface area contributed by atoms with Crippen molar-refractivity contribution in [1.82, 2.24) is 14.9 Å². The van der Waals surface area contributed by atoms with Crippen LogP contribution in [-0.4, -0.2) is 38.8 Å². The molecule has 0 saturated heterocycles. The lowest BCUT2D eigenvalue weighted by Gasteiger charge is -2.21. The molecule has 0 radical (unpaired) electrons. The van der Waals surface area contributed by atoms with E-state index >= 15 is 0 Å². The largest absolute Gasteiger partial charge is 0.352 e. The molecule has 0 fully saturated rings. The van der Waals surface area contributed by atoms with Crippen LogP contribution in [0.3, 0.4) is 0 Å². The maximum atomic E-state index is 12.5. The summed E-state index contributed by atoms with van der Waals surface area (Å²) in [6, 6.07) is 11.2. The van der Waals surface area contributed by atoms with E-state index < -0.39 is 10.0 Å². The summed E-state index contributed by atoms with van der Waals surface area (Å²) in [6.45, 7) is 7.15. The first-order valence-corrected chi connectivity index (χ1v) is 11.6. The fourth-order valence-electron chi connectivity index (χ4n) is 2.51. The second-order valence-corrected chi connectivity index (χ2v) is 10.0. The van der Waals surface area contributed by atoms with E-state index in [-0.39, 0.29) is 30.0 Å². The zero-order valence-corrected chi connectivity index (χ0v) is 21.6. The van der Waals surface area contributed by atoms with Crippen molar-refractivity contribution < 1.29 is 8.42 Å². The molecule has 0 saturated carbocycles. The molecule has 0 aliphatic rings. The molecule has 2 rings (SSSR count). The lowest BCUT2D eigenvalue weighted by Crippen LogP contribution is -2.36. The fraction of sp³-hybridized carbons (Fsp3) is 0.450. The van der Waals surface area contributed by atoms with Crippen LogP contribution in [-0.2, 0) is 29.5 Å². The summed E-state index contributed by atoms with van der Waals surface area (Å²) in [7, 11) is -0.118. The van der Waals surface area contributed by atoms with Gasteiger partial charge in [-0.1, -0.05) is 19.1 Å². The Hall–Kier alpha value is -1.17. The van der Waals surface area contributed by atoms with E-state index in [0.717, 1.165) is 18.5 Å². The average Bonchev–Trinajstić information content (AvgIpc) is 3.15. The van der Waals surface area contributed by atoms with E-state index in [2.05, 4.69) is 34.7 Å². The van der Waals surface area contributed by atoms with Gasteiger partial charge in [-0.3, -0.25) is 4.99 Å². The Labute approximate surface area is 195 Å². The van der Waals surface area contributed by atoms with Crippen LogP contribution in [0.1, 0.15) is 36.1 Å². The molecule has 1 aromatic heterocycles. The number of nitrogens with one attached hydrogen (secondary N) is 2. The lowest BCUT2D eigenvalue weighted by atomic mass is 10.2. The minimum atomic E-state index is -3.45. The van der Waals surface area contributed by atoms with Crippen molar-refractivity contribution in [1.29, 1.82) is 0 Å². The van der Waals surface area contributed by atoms with Crippen LogP contribution in [0.2, 0.25) is 0 Å². The summed E-state index contributed by atoms with van der Waals surface area (Å²) in [5.41, 5.74) is 0.985. The van der Waals surface area contributed by atoms with Gasteiger partial charge in [0, 0.05) is 36.4 Å². The van der Waals surface area contributed by atoms with Crippen molar-refractivity contribution in [3.05, 3.63) is 51.7 Å². The monoisotopic (exact) mass is 550 g/mol. The number of hydrogen-bond acceptors (Lipinski definition) is 4. The number of aryl methyl sites for hydroxylation is 1. The highest BCUT2D eigenvalue weighted by atomic mass is 127. The Bertz CT molecular complexity index is 893. The van der Waals surface area contributed by atoms with Gasteiger partial charge < -0.3 is 10.6 Å². The Balaban J connectivity index is 0.00000420. The van der Waals surface area contributed by atoms with Gasteiger partial charge in [-0.15, -0.1) is 35.3 Å². The topological polar surface area (TPSA) is 73.8 Å². The molecule has 0 bridgehead atoms. The van der Waals surface area contributed by atoms with E-state index in [1.807, 2.05) is 26.0 Å². The second kappa shape index (κ2) is 11.9. The van der Waals surface area contributed by atoms with E-state index in [4.69, 9.17) is 0 Å². The molecule has 2 aromatic rings. The highest BCUT2D eigenvalue weighted by Crippen LogP contribution is 2.18. The molecular weight excluding hydrogens is 519 g/mol. The first-order valence-electron chi connectivity index (χ1n) is 9.37. The molecule has 0 aliphatic heterocycles. The quantitative estimate of drug-likeness (QED) is 0.298. The standard InChI is InChI=1S/C20H30N4O2S2.HI/c1-6-17-9-10-18(27-17)14-23-20(21-4)22-13-16-7-11-19(12-8-16)28(25,26)24(5)15(2)3;/h7-12,15H,6,13-14H2,1-5H3,(H2,21,22,23);1H. The maximum Gasteiger partial charge on any atom is 0.243 e. The van der Waals surface area contributed by atoms with Gasteiger partial charge in [0.15, 0.2) is 5.96 Å². The predicted molar refractivity (Wildman–Crippen MR) is 133 cm³/mol. The molecule has 0 unspecified atom stereocenters. The Morgan fingerprint density at radius 1 is 1.07 bits per heavy atom. The lowest BCUT2D eigenvalue weighted by molar-refractivity contribution is 0.410. The predicted octanol–water partition coefficient (Wildman–Crippen LogP) is 3.82. The number of halogens is 1. The van der Waals surface area contributed by atoms with Crippen molar-refractivity contribution in [3.8, 4) is 0 Å². The summed E-state index contributed by atoms with van der Waals surface area (Å²) in [5.74, 6) is 0.711. The number of aliphatic imine (C=N–C) groups is 1. The SMILES string of the molecule is CCc1ccc(CNC(=NC)NCc2ccc(S(=O)(=O)N(C)C(C)C)cc2)s1.I. The molecule has 162 valence electrons. The van der Waals surface area contributed by atoms with Gasteiger partial charge in [-0.05, 0) is 50.1 Å². The third kappa shape index (κ3) is 7.23. The Morgan fingerprint density at radius 2 is 1.66 bits per heavy atom. The van der Waals surface area contributed by atoms with Gasteiger partial charge in [0.1, 0.15) is 0 Å². The summed E-state index contributed by atoms with van der Waals surface area (Å²) in [4.78, 5) is 7.19. The van der Waals surface area contributed by atoms with Crippen molar-refractivity contribution in [3.63, 3.8) is 0 Å². The number of sulfonamides is 1. The Morgan fingerprint density at radius 3 is 2.17 bits per heavy atom. The van der Waals surface area contributed by atoms with Gasteiger partial charge in [0.2, 0.25) is 10.0 Å². The molecule has 0 atom stereocenters. The zero-order chi connectivity index (χ0) is 20.7. The average molecular weight is 551 g/mol. The van der Waals surface area contributed by atoms with Crippen LogP contribution in [0.25, 0.3) is 0 Å². The van der Waals surface area contributed by atoms with Crippen molar-refractivity contribution >= 4 is 51.3 Å². The molecule has 2 N–H and O–H groups in total. The molecule has 0 spiro atoms. The third-order valence-electron chi connectivity index (χ3n) is 4.51. The van der Waals surface area contributed by atoms with Gasteiger partial charge in [0.25, 0.3) is 0 Å². The summed E-state index contributed by atoms with van der Waals surface area (Å²) >= 11 is 1.80. The first kappa shape index (κ1) is 25.9. The number of hydrogen-bond donors (Lipinski definition) is 2. The van der Waals surface area contributed by atoms with Crippen LogP contribution < -0.4 is 10.6 Å². The van der Waals surface area contributed by atoms with Crippen LogP contribution in [0.5, 0.6) is 0 Å². The van der Waals surface area contributed by atoms with Crippen LogP contribution >= 0.6 is 35.3 Å². The smallest absolute Gasteiger partial charge is 0.243 e. The summed E-state index contributed by atoms with van der Waals surface area (Å²) in [5, 5.41) is 6.56. The number of thiophene rings is 1. The molecule has 0 aliphatic carbocycles. The van der Waals surface area contributed by atoms with Crippen molar-refractivity contribution in [2.75, 3.05) is 14.1 Å². The number of benzene rings is 1. The molecule has 29 heavy (non-hydrogen) atoms. The van der Waals surface area contributed by atoms with Crippen molar-refractivity contribution in [2.24, 2.45) is 4.99 Å². The van der Waals surface area contributed by atoms with Gasteiger partial charge >= 0.3 is 0 Å². The first-order chi connectivity index (χ1) is 13.3. The fourth-order valence-corrected chi connectivity index (χ4v) is 4.77. The molecule has 0 amide bonds. The van der Waals surface area contributed by atoms with Crippen molar-refractivity contribution in [2.45, 2.75) is 51.2 Å². The van der Waals surface area contributed by atoms with Gasteiger partial charge in [-0.25, -0.2) is 8.42 Å². The molecule has 9 heteroatoms. The number of rotatable bonds is 8. The highest BCUT2D eigenvalue weighted by Gasteiger charge is 2.22. The Kier molecular flexibility index (Phi) is 10.6. The molecule has 1 aromatic carbocycles. The summed E-state index contributed by atoms with van der Waals surface area (Å²) in [6.07, 6.45) is 1.05. The van der Waals surface area contributed by atoms with Crippen LogP contribution in [0.4, 0.5) is 0 Å². The maximum absolute atomic E-state index is 12.5. The second-order valence-electron chi connectivity index (χ2n) is 6.76. The molecule has 1 heterocycles. The zero-order valence-electron chi connectivity index (χ0n) is 17.6. The normalized spacial score (nSPS) is 12.2. The number of nitrogens with zero attached hydrogens (tertiary/aromatic N) is 2. The molecular formula is C20H31IN4O2S2. The van der Waals surface area contributed by atoms with E-state index in [1.54, 1.807) is 37.6 Å². The summed E-state index contributed by atoms with van der Waals surface area (Å²) < 4.78 is 26.4. The van der Waals surface area contributed by atoms with E-state index in [0.29, 0.717) is 17.4 Å². The third-order valence-corrected chi connectivity index (χ3v) is 7.78. The van der Waals surface area contributed by atoms with Gasteiger partial charge in [-0.2, -0.15) is 4.31 Å². The van der Waals surface area contributed by atoms with Crippen LogP contribution in [0, 0.1) is 0 Å².